The van der Waals surface area contributed by atoms with Crippen LogP contribution in [0.5, 0.6) is 11.5 Å². The third kappa shape index (κ3) is 5.83. The van der Waals surface area contributed by atoms with Gasteiger partial charge < -0.3 is 14.8 Å². The highest BCUT2D eigenvalue weighted by atomic mass is 127. The van der Waals surface area contributed by atoms with Crippen molar-refractivity contribution in [3.63, 3.8) is 0 Å². The largest absolute Gasteiger partial charge is 0.493 e. The molecule has 0 spiro atoms. The van der Waals surface area contributed by atoms with E-state index in [0.717, 1.165) is 0 Å². The second-order valence-electron chi connectivity index (χ2n) is 6.40. The van der Waals surface area contributed by atoms with Gasteiger partial charge in [-0.25, -0.2) is 4.39 Å². The van der Waals surface area contributed by atoms with Gasteiger partial charge in [0.15, 0.2) is 11.5 Å². The van der Waals surface area contributed by atoms with Gasteiger partial charge in [0.25, 0.3) is 5.91 Å². The van der Waals surface area contributed by atoms with Crippen LogP contribution in [-0.4, -0.2) is 13.0 Å². The molecule has 156 valence electrons. The van der Waals surface area contributed by atoms with Gasteiger partial charge in [-0.15, -0.1) is 0 Å². The third-order valence-electron chi connectivity index (χ3n) is 4.29. The molecule has 3 rings (SSSR count). The fourth-order valence-electron chi connectivity index (χ4n) is 2.76. The lowest BCUT2D eigenvalue weighted by Gasteiger charge is -2.14. The van der Waals surface area contributed by atoms with E-state index in [0.29, 0.717) is 31.9 Å². The van der Waals surface area contributed by atoms with Crippen LogP contribution in [0.4, 0.5) is 10.1 Å². The molecule has 0 fully saturated rings. The number of carbonyl (C=O) groups excluding carboxylic acids is 1. The first kappa shape index (κ1) is 22.3. The van der Waals surface area contributed by atoms with Gasteiger partial charge in [0.2, 0.25) is 0 Å². The number of anilines is 1. The summed E-state index contributed by atoms with van der Waals surface area (Å²) < 4.78 is 25.8. The molecule has 0 heterocycles. The Morgan fingerprint density at radius 3 is 2.55 bits per heavy atom. The van der Waals surface area contributed by atoms with Crippen molar-refractivity contribution in [2.45, 2.75) is 6.61 Å². The Morgan fingerprint density at radius 1 is 1.16 bits per heavy atom. The van der Waals surface area contributed by atoms with Crippen molar-refractivity contribution in [3.8, 4) is 17.6 Å². The van der Waals surface area contributed by atoms with Crippen LogP contribution in [0, 0.1) is 20.7 Å². The number of carbonyl (C=O) groups is 1. The molecular formula is C24H18FIN2O3. The topological polar surface area (TPSA) is 71.3 Å². The lowest BCUT2D eigenvalue weighted by Crippen LogP contribution is -2.13. The summed E-state index contributed by atoms with van der Waals surface area (Å²) in [7, 11) is 1.49. The number of ether oxygens (including phenoxy) is 2. The molecule has 0 aliphatic heterocycles. The van der Waals surface area contributed by atoms with E-state index >= 15 is 0 Å². The number of amides is 1. The van der Waals surface area contributed by atoms with Gasteiger partial charge in [0, 0.05) is 11.3 Å². The Labute approximate surface area is 193 Å². The summed E-state index contributed by atoms with van der Waals surface area (Å²) >= 11 is 2.07. The molecule has 0 aromatic heterocycles. The molecule has 0 saturated heterocycles. The number of nitriles is 1. The minimum atomic E-state index is -0.512. The van der Waals surface area contributed by atoms with Gasteiger partial charge in [0.05, 0.1) is 10.7 Å². The van der Waals surface area contributed by atoms with Gasteiger partial charge in [-0.3, -0.25) is 4.79 Å². The quantitative estimate of drug-likeness (QED) is 0.248. The molecule has 0 atom stereocenters. The summed E-state index contributed by atoms with van der Waals surface area (Å²) in [5, 5.41) is 12.1. The SMILES string of the molecule is COc1cc(/C=C(/C#N)C(=O)Nc2ccccc2)cc(I)c1OCc1ccccc1F. The molecule has 0 unspecified atom stereocenters. The maximum Gasteiger partial charge on any atom is 0.266 e. The summed E-state index contributed by atoms with van der Waals surface area (Å²) in [4.78, 5) is 12.5. The van der Waals surface area contributed by atoms with E-state index in [1.165, 1.54) is 19.3 Å². The fraction of sp³-hybridized carbons (Fsp3) is 0.0833. The van der Waals surface area contributed by atoms with Crippen LogP contribution >= 0.6 is 22.6 Å². The minimum absolute atomic E-state index is 0.0388. The molecule has 31 heavy (non-hydrogen) atoms. The summed E-state index contributed by atoms with van der Waals surface area (Å²) in [6.07, 6.45) is 1.48. The van der Waals surface area contributed by atoms with Gasteiger partial charge in [-0.05, 0) is 64.6 Å². The molecule has 0 aliphatic carbocycles. The Balaban J connectivity index is 1.83. The maximum atomic E-state index is 13.9. The highest BCUT2D eigenvalue weighted by Crippen LogP contribution is 2.35. The first-order valence-electron chi connectivity index (χ1n) is 9.23. The average molecular weight is 528 g/mol. The molecule has 3 aromatic carbocycles. The first-order valence-corrected chi connectivity index (χ1v) is 10.3. The van der Waals surface area contributed by atoms with Crippen LogP contribution < -0.4 is 14.8 Å². The van der Waals surface area contributed by atoms with E-state index in [1.54, 1.807) is 54.6 Å². The van der Waals surface area contributed by atoms with Gasteiger partial charge in [0.1, 0.15) is 24.1 Å². The normalized spacial score (nSPS) is 10.8. The lowest BCUT2D eigenvalue weighted by atomic mass is 10.1. The molecule has 0 saturated carbocycles. The Bertz CT molecular complexity index is 1160. The third-order valence-corrected chi connectivity index (χ3v) is 5.09. The summed E-state index contributed by atoms with van der Waals surface area (Å²) in [6, 6.07) is 20.6. The molecule has 5 nitrogen and oxygen atoms in total. The molecule has 7 heteroatoms. The minimum Gasteiger partial charge on any atom is -0.493 e. The summed E-state index contributed by atoms with van der Waals surface area (Å²) in [6.45, 7) is 0.0388. The zero-order valence-corrected chi connectivity index (χ0v) is 18.7. The molecule has 3 aromatic rings. The Kier molecular flexibility index (Phi) is 7.62. The van der Waals surface area contributed by atoms with Crippen LogP contribution in [-0.2, 0) is 11.4 Å². The maximum absolute atomic E-state index is 13.9. The predicted octanol–water partition coefficient (Wildman–Crippen LogP) is 5.56. The molecular weight excluding hydrogens is 510 g/mol. The highest BCUT2D eigenvalue weighted by molar-refractivity contribution is 14.1. The number of nitrogens with one attached hydrogen (secondary N) is 1. The van der Waals surface area contributed by atoms with Crippen molar-refractivity contribution >= 4 is 40.3 Å². The van der Waals surface area contributed by atoms with E-state index in [1.807, 2.05) is 12.1 Å². The van der Waals surface area contributed by atoms with E-state index < -0.39 is 5.91 Å². The number of hydrogen-bond donors (Lipinski definition) is 1. The van der Waals surface area contributed by atoms with Crippen molar-refractivity contribution in [2.24, 2.45) is 0 Å². The monoisotopic (exact) mass is 528 g/mol. The van der Waals surface area contributed by atoms with Gasteiger partial charge in [-0.1, -0.05) is 36.4 Å². The number of halogens is 2. The smallest absolute Gasteiger partial charge is 0.266 e. The first-order chi connectivity index (χ1) is 15.0. The Morgan fingerprint density at radius 2 is 1.87 bits per heavy atom. The van der Waals surface area contributed by atoms with Crippen molar-refractivity contribution in [3.05, 3.63) is 92.8 Å². The van der Waals surface area contributed by atoms with E-state index in [4.69, 9.17) is 9.47 Å². The van der Waals surface area contributed by atoms with Crippen LogP contribution in [0.15, 0.2) is 72.3 Å². The van der Waals surface area contributed by atoms with Crippen molar-refractivity contribution in [1.82, 2.24) is 0 Å². The number of nitrogens with zero attached hydrogens (tertiary/aromatic N) is 1. The zero-order valence-electron chi connectivity index (χ0n) is 16.6. The molecule has 0 bridgehead atoms. The standard InChI is InChI=1S/C24H18FIN2O3/c1-30-22-13-16(11-18(14-27)24(29)28-19-8-3-2-4-9-19)12-21(26)23(22)31-15-17-7-5-6-10-20(17)25/h2-13H,15H2,1H3,(H,28,29)/b18-11-. The number of para-hydroxylation sites is 1. The second-order valence-corrected chi connectivity index (χ2v) is 7.57. The predicted molar refractivity (Wildman–Crippen MR) is 125 cm³/mol. The van der Waals surface area contributed by atoms with E-state index in [-0.39, 0.29) is 18.0 Å². The van der Waals surface area contributed by atoms with Crippen LogP contribution in [0.1, 0.15) is 11.1 Å². The van der Waals surface area contributed by atoms with Crippen LogP contribution in [0.2, 0.25) is 0 Å². The highest BCUT2D eigenvalue weighted by Gasteiger charge is 2.15. The van der Waals surface area contributed by atoms with Crippen molar-refractivity contribution in [2.75, 3.05) is 12.4 Å². The summed E-state index contributed by atoms with van der Waals surface area (Å²) in [5.41, 5.74) is 1.56. The lowest BCUT2D eigenvalue weighted by molar-refractivity contribution is -0.112. The van der Waals surface area contributed by atoms with E-state index in [9.17, 15) is 14.4 Å². The number of methoxy groups -OCH3 is 1. The summed E-state index contributed by atoms with van der Waals surface area (Å²) in [5.74, 6) is 0.00710. The molecule has 0 aliphatic rings. The zero-order chi connectivity index (χ0) is 22.2. The van der Waals surface area contributed by atoms with E-state index in [2.05, 4.69) is 27.9 Å². The van der Waals surface area contributed by atoms with Crippen molar-refractivity contribution < 1.29 is 18.7 Å². The number of rotatable bonds is 7. The number of hydrogen-bond acceptors (Lipinski definition) is 4. The second kappa shape index (κ2) is 10.6. The van der Waals surface area contributed by atoms with Crippen LogP contribution in [0.25, 0.3) is 6.08 Å². The Hall–Kier alpha value is -3.38. The average Bonchev–Trinajstić information content (AvgIpc) is 2.78. The molecule has 1 amide bonds. The molecule has 1 N–H and O–H groups in total. The molecule has 0 radical (unpaired) electrons. The fourth-order valence-corrected chi connectivity index (χ4v) is 3.54. The van der Waals surface area contributed by atoms with Gasteiger partial charge in [-0.2, -0.15) is 5.26 Å². The van der Waals surface area contributed by atoms with Gasteiger partial charge >= 0.3 is 0 Å². The van der Waals surface area contributed by atoms with Crippen molar-refractivity contribution in [1.29, 1.82) is 5.26 Å². The van der Waals surface area contributed by atoms with Crippen LogP contribution in [0.3, 0.4) is 0 Å². The number of benzene rings is 3.